The molecule has 0 aromatic heterocycles. The highest BCUT2D eigenvalue weighted by Gasteiger charge is 2.67. The van der Waals surface area contributed by atoms with E-state index >= 15 is 0 Å². The minimum absolute atomic E-state index is 0.318. The van der Waals surface area contributed by atoms with Crippen molar-refractivity contribution >= 4 is 23.2 Å². The molecule has 2 heterocycles. The van der Waals surface area contributed by atoms with E-state index in [0.29, 0.717) is 27.6 Å². The SMILES string of the molecule is COc1ccc([C@@H]2[C@H](C)N[C@@]3(C(=O)Nc4ccccc43)[C@H]2[N+](=O)[O-])cc1Cl. The zero-order chi connectivity index (χ0) is 19.3. The molecule has 4 atom stereocenters. The van der Waals surface area contributed by atoms with Gasteiger partial charge in [-0.15, -0.1) is 0 Å². The van der Waals surface area contributed by atoms with Gasteiger partial charge < -0.3 is 10.1 Å². The first kappa shape index (κ1) is 17.8. The van der Waals surface area contributed by atoms with Crippen molar-refractivity contribution in [3.05, 3.63) is 68.7 Å². The van der Waals surface area contributed by atoms with Crippen LogP contribution in [-0.2, 0) is 10.3 Å². The second kappa shape index (κ2) is 6.21. The van der Waals surface area contributed by atoms with Crippen molar-refractivity contribution in [1.29, 1.82) is 0 Å². The number of carbonyl (C=O) groups is 1. The number of ether oxygens (including phenoxy) is 1. The summed E-state index contributed by atoms with van der Waals surface area (Å²) in [6.07, 6.45) is 0. The molecule has 8 heteroatoms. The van der Waals surface area contributed by atoms with Gasteiger partial charge in [-0.3, -0.25) is 20.2 Å². The van der Waals surface area contributed by atoms with Crippen molar-refractivity contribution in [2.75, 3.05) is 12.4 Å². The van der Waals surface area contributed by atoms with Crippen molar-refractivity contribution in [2.24, 2.45) is 0 Å². The number of rotatable bonds is 3. The third kappa shape index (κ3) is 2.42. The van der Waals surface area contributed by atoms with Crippen LogP contribution < -0.4 is 15.4 Å². The van der Waals surface area contributed by atoms with Crippen LogP contribution in [0.25, 0.3) is 0 Å². The number of para-hydroxylation sites is 1. The largest absolute Gasteiger partial charge is 0.495 e. The molecule has 2 N–H and O–H groups in total. The Hall–Kier alpha value is -2.64. The summed E-state index contributed by atoms with van der Waals surface area (Å²) >= 11 is 6.25. The number of amides is 1. The lowest BCUT2D eigenvalue weighted by Crippen LogP contribution is -2.54. The van der Waals surface area contributed by atoms with Crippen LogP contribution in [0.1, 0.15) is 24.0 Å². The molecule has 27 heavy (non-hydrogen) atoms. The third-order valence-corrected chi connectivity index (χ3v) is 5.82. The monoisotopic (exact) mass is 387 g/mol. The Morgan fingerprint density at radius 3 is 2.67 bits per heavy atom. The van der Waals surface area contributed by atoms with Crippen LogP contribution >= 0.6 is 11.6 Å². The number of carbonyl (C=O) groups excluding carboxylic acids is 1. The van der Waals surface area contributed by atoms with Gasteiger partial charge in [0.1, 0.15) is 5.75 Å². The molecule has 2 aromatic rings. The maximum absolute atomic E-state index is 12.9. The number of hydrogen-bond donors (Lipinski definition) is 2. The summed E-state index contributed by atoms with van der Waals surface area (Å²) in [5.41, 5.74) is 0.473. The average Bonchev–Trinajstić information content (AvgIpc) is 3.10. The van der Waals surface area contributed by atoms with Gasteiger partial charge in [0.2, 0.25) is 0 Å². The normalized spacial score (nSPS) is 28.9. The molecule has 140 valence electrons. The summed E-state index contributed by atoms with van der Waals surface area (Å²) < 4.78 is 5.18. The fourth-order valence-electron chi connectivity index (χ4n) is 4.44. The zero-order valence-electron chi connectivity index (χ0n) is 14.7. The molecule has 0 bridgehead atoms. The van der Waals surface area contributed by atoms with Crippen LogP contribution in [-0.4, -0.2) is 30.0 Å². The Bertz CT molecular complexity index is 950. The number of nitrogens with one attached hydrogen (secondary N) is 2. The first-order valence-corrected chi connectivity index (χ1v) is 8.93. The third-order valence-electron chi connectivity index (χ3n) is 5.52. The van der Waals surface area contributed by atoms with Crippen molar-refractivity contribution in [3.63, 3.8) is 0 Å². The van der Waals surface area contributed by atoms with Crippen LogP contribution in [0.2, 0.25) is 5.02 Å². The summed E-state index contributed by atoms with van der Waals surface area (Å²) in [6, 6.07) is 10.7. The molecule has 1 saturated heterocycles. The molecule has 0 unspecified atom stereocenters. The van der Waals surface area contributed by atoms with Gasteiger partial charge in [0.05, 0.1) is 18.1 Å². The molecule has 1 fully saturated rings. The molecular weight excluding hydrogens is 370 g/mol. The minimum atomic E-state index is -1.42. The lowest BCUT2D eigenvalue weighted by molar-refractivity contribution is -0.532. The highest BCUT2D eigenvalue weighted by atomic mass is 35.5. The van der Waals surface area contributed by atoms with Gasteiger partial charge in [0, 0.05) is 22.2 Å². The van der Waals surface area contributed by atoms with Gasteiger partial charge in [-0.25, -0.2) is 0 Å². The van der Waals surface area contributed by atoms with Crippen LogP contribution in [0.5, 0.6) is 5.75 Å². The molecule has 7 nitrogen and oxygen atoms in total. The first-order chi connectivity index (χ1) is 12.9. The van der Waals surface area contributed by atoms with Gasteiger partial charge >= 0.3 is 0 Å². The van der Waals surface area contributed by atoms with Crippen molar-refractivity contribution in [1.82, 2.24) is 5.32 Å². The first-order valence-electron chi connectivity index (χ1n) is 8.55. The van der Waals surface area contributed by atoms with Crippen molar-refractivity contribution < 1.29 is 14.5 Å². The summed E-state index contributed by atoms with van der Waals surface area (Å²) in [5.74, 6) is -0.449. The summed E-state index contributed by atoms with van der Waals surface area (Å²) in [6.45, 7) is 1.85. The van der Waals surface area contributed by atoms with Crippen LogP contribution in [0.4, 0.5) is 5.69 Å². The molecule has 0 radical (unpaired) electrons. The van der Waals surface area contributed by atoms with E-state index in [1.165, 1.54) is 7.11 Å². The van der Waals surface area contributed by atoms with Crippen molar-refractivity contribution in [3.8, 4) is 5.75 Å². The number of halogens is 1. The summed E-state index contributed by atoms with van der Waals surface area (Å²) in [4.78, 5) is 24.8. The van der Waals surface area contributed by atoms with E-state index in [1.54, 1.807) is 42.5 Å². The second-order valence-electron chi connectivity index (χ2n) is 6.89. The fraction of sp³-hybridized carbons (Fsp3) is 0.316. The molecule has 0 aliphatic carbocycles. The number of fused-ring (bicyclic) bond motifs is 2. The standard InChI is InChI=1S/C19H18ClN3O4/c1-10-16(11-7-8-15(27-2)13(20)9-11)17(23(25)26)19(22-10)12-5-3-4-6-14(12)21-18(19)24/h3-10,16-17,22H,1-2H3,(H,21,24)/t10-,16-,17-,19+/m0/s1. The van der Waals surface area contributed by atoms with E-state index in [0.717, 1.165) is 0 Å². The summed E-state index contributed by atoms with van der Waals surface area (Å²) in [5, 5.41) is 18.6. The van der Waals surface area contributed by atoms with Gasteiger partial charge in [-0.1, -0.05) is 35.9 Å². The Balaban J connectivity index is 1.87. The minimum Gasteiger partial charge on any atom is -0.495 e. The Morgan fingerprint density at radius 1 is 1.26 bits per heavy atom. The number of nitrogens with zero attached hydrogens (tertiary/aromatic N) is 1. The molecule has 1 amide bonds. The highest BCUT2D eigenvalue weighted by molar-refractivity contribution is 6.32. The Kier molecular flexibility index (Phi) is 4.09. The fourth-order valence-corrected chi connectivity index (χ4v) is 4.71. The number of hydrogen-bond acceptors (Lipinski definition) is 5. The van der Waals surface area contributed by atoms with E-state index in [2.05, 4.69) is 10.6 Å². The van der Waals surface area contributed by atoms with Gasteiger partial charge in [0.15, 0.2) is 5.54 Å². The molecule has 2 aliphatic heterocycles. The maximum atomic E-state index is 12.9. The zero-order valence-corrected chi connectivity index (χ0v) is 15.5. The maximum Gasteiger partial charge on any atom is 0.256 e. The van der Waals surface area contributed by atoms with E-state index in [9.17, 15) is 14.9 Å². The lowest BCUT2D eigenvalue weighted by atomic mass is 9.78. The number of anilines is 1. The van der Waals surface area contributed by atoms with Gasteiger partial charge in [-0.2, -0.15) is 0 Å². The van der Waals surface area contributed by atoms with Crippen molar-refractivity contribution in [2.45, 2.75) is 30.5 Å². The van der Waals surface area contributed by atoms with E-state index < -0.39 is 23.4 Å². The molecule has 2 aromatic carbocycles. The van der Waals surface area contributed by atoms with Gasteiger partial charge in [0.25, 0.3) is 11.9 Å². The lowest BCUT2D eigenvalue weighted by Gasteiger charge is -2.25. The molecule has 1 spiro atoms. The molecular formula is C19H18ClN3O4. The predicted octanol–water partition coefficient (Wildman–Crippen LogP) is 2.92. The number of nitro groups is 1. The summed E-state index contributed by atoms with van der Waals surface area (Å²) in [7, 11) is 1.51. The van der Waals surface area contributed by atoms with Gasteiger partial charge in [-0.05, 0) is 30.7 Å². The van der Waals surface area contributed by atoms with E-state index in [4.69, 9.17) is 16.3 Å². The molecule has 4 rings (SSSR count). The Morgan fingerprint density at radius 2 is 2.00 bits per heavy atom. The van der Waals surface area contributed by atoms with E-state index in [-0.39, 0.29) is 11.0 Å². The molecule has 2 aliphatic rings. The van der Waals surface area contributed by atoms with Crippen LogP contribution in [0, 0.1) is 10.1 Å². The topological polar surface area (TPSA) is 93.5 Å². The molecule has 0 saturated carbocycles. The number of methoxy groups -OCH3 is 1. The smallest absolute Gasteiger partial charge is 0.256 e. The van der Waals surface area contributed by atoms with Crippen LogP contribution in [0.3, 0.4) is 0 Å². The number of benzene rings is 2. The second-order valence-corrected chi connectivity index (χ2v) is 7.30. The predicted molar refractivity (Wildman–Crippen MR) is 101 cm³/mol. The highest BCUT2D eigenvalue weighted by Crippen LogP contribution is 2.50. The Labute approximate surface area is 160 Å². The average molecular weight is 388 g/mol. The quantitative estimate of drug-likeness (QED) is 0.624. The van der Waals surface area contributed by atoms with Crippen LogP contribution in [0.15, 0.2) is 42.5 Å². The van der Waals surface area contributed by atoms with E-state index in [1.807, 2.05) is 6.92 Å².